The molecule has 6 aromatic carbocycles. The molecule has 73 heavy (non-hydrogen) atoms. The molecule has 0 saturated heterocycles. The summed E-state index contributed by atoms with van der Waals surface area (Å²) in [6.07, 6.45) is 3.33. The van der Waals surface area contributed by atoms with E-state index < -0.39 is 5.97 Å². The molecule has 4 aromatic heterocycles. The predicted octanol–water partition coefficient (Wildman–Crippen LogP) is 12.8. The molecule has 4 N–H and O–H groups in total. The molecule has 10 aromatic rings. The third-order valence-electron chi connectivity index (χ3n) is 13.4. The number of aryl methyl sites for hydroxylation is 2. The van der Waals surface area contributed by atoms with Gasteiger partial charge in [0.2, 0.25) is 5.91 Å². The van der Waals surface area contributed by atoms with Crippen LogP contribution in [0.2, 0.25) is 0 Å². The number of hydrogen-bond acceptors (Lipinski definition) is 7. The highest BCUT2D eigenvalue weighted by molar-refractivity contribution is 7.17. The number of thiophene rings is 2. The number of para-hydroxylation sites is 4. The Morgan fingerprint density at radius 3 is 1.41 bits per heavy atom. The number of carbonyl (C=O) groups excluding carboxylic acids is 1. The van der Waals surface area contributed by atoms with Crippen molar-refractivity contribution in [1.29, 1.82) is 0 Å². The maximum absolute atomic E-state index is 13.9. The highest BCUT2D eigenvalue weighted by Crippen LogP contribution is 2.33. The number of nitrogens with zero attached hydrogens (tertiary/aromatic N) is 4. The van der Waals surface area contributed by atoms with Crippen LogP contribution in [0.4, 0.5) is 0 Å². The number of carbonyl (C=O) groups is 2. The van der Waals surface area contributed by atoms with Crippen molar-refractivity contribution in [3.8, 4) is 0 Å². The van der Waals surface area contributed by atoms with Crippen LogP contribution < -0.4 is 22.4 Å². The first-order valence-corrected chi connectivity index (χ1v) is 26.8. The van der Waals surface area contributed by atoms with Crippen LogP contribution in [-0.4, -0.2) is 35.3 Å². The van der Waals surface area contributed by atoms with Crippen molar-refractivity contribution in [3.63, 3.8) is 0 Å². The third kappa shape index (κ3) is 12.0. The number of nitrogens with two attached hydrogens (primary N) is 1. The summed E-state index contributed by atoms with van der Waals surface area (Å²) in [5.74, 6) is -0.924. The molecular formula is C60H64N6O5S2. The molecule has 0 fully saturated rings. The number of fused-ring (bicyclic) bond motifs is 4. The minimum atomic E-state index is -0.883. The van der Waals surface area contributed by atoms with Gasteiger partial charge in [0, 0.05) is 51.8 Å². The van der Waals surface area contributed by atoms with Gasteiger partial charge in [0.25, 0.3) is 0 Å². The average molecular weight is 1010 g/mol. The number of carboxylic acid groups (broad SMARTS) is 1. The third-order valence-corrected chi connectivity index (χ3v) is 15.4. The van der Waals surface area contributed by atoms with E-state index in [0.29, 0.717) is 32.6 Å². The van der Waals surface area contributed by atoms with Gasteiger partial charge in [-0.05, 0) is 107 Å². The van der Waals surface area contributed by atoms with Crippen molar-refractivity contribution in [1.82, 2.24) is 23.6 Å². The summed E-state index contributed by atoms with van der Waals surface area (Å²) < 4.78 is 9.64. The molecule has 376 valence electrons. The molecule has 0 spiro atoms. The van der Waals surface area contributed by atoms with Gasteiger partial charge in [-0.3, -0.25) is 27.9 Å². The van der Waals surface area contributed by atoms with Crippen molar-refractivity contribution >= 4 is 76.8 Å². The van der Waals surface area contributed by atoms with E-state index in [1.54, 1.807) is 31.8 Å². The number of hydrogen-bond donors (Lipinski definition) is 3. The monoisotopic (exact) mass is 1010 g/mol. The highest BCUT2D eigenvalue weighted by Gasteiger charge is 2.25. The number of aromatic nitrogens is 4. The smallest absolute Gasteiger partial charge is 0.329 e. The van der Waals surface area contributed by atoms with E-state index in [0.717, 1.165) is 58.0 Å². The second-order valence-corrected chi connectivity index (χ2v) is 20.3. The quantitative estimate of drug-likeness (QED) is 0.0828. The number of nitrogens with one attached hydrogen (secondary N) is 1. The normalized spacial score (nSPS) is 12.1. The minimum absolute atomic E-state index is 0.0412. The summed E-state index contributed by atoms with van der Waals surface area (Å²) in [6, 6.07) is 47.5. The lowest BCUT2D eigenvalue weighted by atomic mass is 10.1. The Balaban J connectivity index is 0.000000172. The highest BCUT2D eigenvalue weighted by atomic mass is 32.1. The van der Waals surface area contributed by atoms with Crippen LogP contribution in [-0.2, 0) is 35.8 Å². The summed E-state index contributed by atoms with van der Waals surface area (Å²) in [5, 5.41) is 19.1. The predicted molar refractivity (Wildman–Crippen MR) is 301 cm³/mol. The van der Waals surface area contributed by atoms with Gasteiger partial charge < -0.3 is 16.2 Å². The van der Waals surface area contributed by atoms with Gasteiger partial charge in [-0.25, -0.2) is 9.59 Å². The van der Waals surface area contributed by atoms with Crippen LogP contribution >= 0.6 is 22.7 Å². The standard InChI is InChI=1S/C30H31N3O2S.C23H24N2O3S.C7H9N/c1-3-10-24(17-28(34)31-18-22-12-5-4-6-13-22)33-26-15-8-7-14-25(26)32(30(33)35)19-23-20-36-27-16-9-11-21(2)29(23)27;1-3-7-17(12-21(26)27)25-19-10-5-4-9-18(19)24(23(25)28)13-16-14-29-20-11-6-8-15(2)22(16)20;8-6-7-4-2-1-3-5-7/h4-9,11-16,20,24H,3,10,17-19H2,1-2H3,(H,31,34);4-6,8-11,14,17H,3,7,12-13H2,1-2H3,(H,26,27);1-5H,6,8H2. The van der Waals surface area contributed by atoms with Gasteiger partial charge in [0.15, 0.2) is 0 Å². The minimum Gasteiger partial charge on any atom is -0.481 e. The number of carboxylic acids is 1. The van der Waals surface area contributed by atoms with Crippen LogP contribution in [0.3, 0.4) is 0 Å². The molecule has 0 aliphatic carbocycles. The Kier molecular flexibility index (Phi) is 17.4. The Bertz CT molecular complexity index is 3580. The van der Waals surface area contributed by atoms with Gasteiger partial charge in [0.05, 0.1) is 41.6 Å². The average Bonchev–Trinajstić information content (AvgIpc) is 4.16. The molecule has 0 aliphatic rings. The zero-order valence-corrected chi connectivity index (χ0v) is 43.6. The molecule has 0 saturated carbocycles. The molecule has 13 heteroatoms. The Labute approximate surface area is 433 Å². The fraction of sp³-hybridized carbons (Fsp3) is 0.267. The van der Waals surface area contributed by atoms with Crippen LogP contribution in [0, 0.1) is 13.8 Å². The summed E-state index contributed by atoms with van der Waals surface area (Å²) in [7, 11) is 0. The van der Waals surface area contributed by atoms with E-state index in [1.807, 2.05) is 125 Å². The molecule has 2 atom stereocenters. The Morgan fingerprint density at radius 2 is 0.986 bits per heavy atom. The number of aliphatic carboxylic acids is 1. The molecule has 0 bridgehead atoms. The lowest BCUT2D eigenvalue weighted by Crippen LogP contribution is -2.32. The van der Waals surface area contributed by atoms with Crippen LogP contribution in [0.1, 0.15) is 97.8 Å². The Hall–Kier alpha value is -7.32. The second-order valence-electron chi connectivity index (χ2n) is 18.5. The van der Waals surface area contributed by atoms with E-state index in [1.165, 1.54) is 36.9 Å². The van der Waals surface area contributed by atoms with Crippen molar-refractivity contribution < 1.29 is 14.7 Å². The number of rotatable bonds is 17. The summed E-state index contributed by atoms with van der Waals surface area (Å²) in [4.78, 5) is 51.7. The first-order valence-electron chi connectivity index (χ1n) is 25.1. The summed E-state index contributed by atoms with van der Waals surface area (Å²) in [6.45, 7) is 10.4. The maximum atomic E-state index is 13.9. The van der Waals surface area contributed by atoms with E-state index in [9.17, 15) is 24.3 Å². The molecule has 0 aliphatic heterocycles. The first-order chi connectivity index (χ1) is 35.5. The fourth-order valence-corrected chi connectivity index (χ4v) is 12.0. The fourth-order valence-electron chi connectivity index (χ4n) is 9.95. The second kappa shape index (κ2) is 24.4. The molecule has 2 unspecified atom stereocenters. The van der Waals surface area contributed by atoms with Crippen molar-refractivity contribution in [2.24, 2.45) is 5.73 Å². The van der Waals surface area contributed by atoms with Crippen LogP contribution in [0.25, 0.3) is 42.2 Å². The lowest BCUT2D eigenvalue weighted by molar-refractivity contribution is -0.138. The molecule has 0 radical (unpaired) electrons. The molecule has 4 heterocycles. The molecule has 11 nitrogen and oxygen atoms in total. The van der Waals surface area contributed by atoms with Gasteiger partial charge >= 0.3 is 17.3 Å². The zero-order chi connectivity index (χ0) is 51.4. The first kappa shape index (κ1) is 52.0. The van der Waals surface area contributed by atoms with Gasteiger partial charge in [-0.1, -0.05) is 136 Å². The van der Waals surface area contributed by atoms with Gasteiger partial charge in [0.1, 0.15) is 0 Å². The van der Waals surface area contributed by atoms with Crippen molar-refractivity contribution in [3.05, 3.63) is 211 Å². The van der Waals surface area contributed by atoms with Crippen LogP contribution in [0.15, 0.2) is 166 Å². The van der Waals surface area contributed by atoms with E-state index in [2.05, 4.69) is 73.2 Å². The number of amides is 1. The molecule has 10 rings (SSSR count). The Morgan fingerprint density at radius 1 is 0.562 bits per heavy atom. The summed E-state index contributed by atoms with van der Waals surface area (Å²) >= 11 is 3.41. The number of benzene rings is 6. The molecular weight excluding hydrogens is 949 g/mol. The van der Waals surface area contributed by atoms with Gasteiger partial charge in [-0.2, -0.15) is 0 Å². The molecule has 1 amide bonds. The topological polar surface area (TPSA) is 146 Å². The van der Waals surface area contributed by atoms with Crippen LogP contribution in [0.5, 0.6) is 0 Å². The number of imidazole rings is 2. The van der Waals surface area contributed by atoms with E-state index >= 15 is 0 Å². The van der Waals surface area contributed by atoms with E-state index in [-0.39, 0.29) is 42.2 Å². The zero-order valence-electron chi connectivity index (χ0n) is 42.0. The largest absolute Gasteiger partial charge is 0.481 e. The van der Waals surface area contributed by atoms with Crippen molar-refractivity contribution in [2.75, 3.05) is 0 Å². The SMILES string of the molecule is CCCC(CC(=O)NCc1ccccc1)n1c(=O)n(Cc2csc3cccc(C)c23)c2ccccc21.CCCC(CC(=O)O)n1c(=O)n(Cc2csc3cccc(C)c23)c2ccccc21.NCc1ccccc1. The van der Waals surface area contributed by atoms with Gasteiger partial charge in [-0.15, -0.1) is 22.7 Å². The van der Waals surface area contributed by atoms with Crippen molar-refractivity contribution in [2.45, 2.75) is 104 Å². The lowest BCUT2D eigenvalue weighted by Gasteiger charge is -2.18. The van der Waals surface area contributed by atoms with E-state index in [4.69, 9.17) is 5.73 Å². The maximum Gasteiger partial charge on any atom is 0.329 e. The summed E-state index contributed by atoms with van der Waals surface area (Å²) in [5.41, 5.74) is 15.5.